The summed E-state index contributed by atoms with van der Waals surface area (Å²) in [6.45, 7) is 0. The first-order chi connectivity index (χ1) is 6.49. The summed E-state index contributed by atoms with van der Waals surface area (Å²) < 4.78 is 17.8. The molecular formula is C7H4Br2FNO3. The molecule has 14 heavy (non-hydrogen) atoms. The monoisotopic (exact) mass is 327 g/mol. The van der Waals surface area contributed by atoms with Crippen LogP contribution in [0.15, 0.2) is 15.0 Å². The fraction of sp³-hybridized carbons (Fsp3) is 0.143. The number of halogens is 3. The van der Waals surface area contributed by atoms with E-state index >= 15 is 0 Å². The van der Waals surface area contributed by atoms with Crippen LogP contribution in [0.3, 0.4) is 0 Å². The zero-order chi connectivity index (χ0) is 10.9. The van der Waals surface area contributed by atoms with E-state index in [4.69, 9.17) is 4.74 Å². The minimum atomic E-state index is -0.739. The maximum atomic E-state index is 13.1. The molecule has 0 saturated carbocycles. The largest absolute Gasteiger partial charge is 0.495 e. The van der Waals surface area contributed by atoms with E-state index in [1.165, 1.54) is 7.11 Å². The van der Waals surface area contributed by atoms with Crippen LogP contribution < -0.4 is 4.74 Å². The molecule has 0 saturated heterocycles. The summed E-state index contributed by atoms with van der Waals surface area (Å²) >= 11 is 5.76. The van der Waals surface area contributed by atoms with Crippen LogP contribution in [0, 0.1) is 15.9 Å². The molecule has 0 amide bonds. The van der Waals surface area contributed by atoms with Crippen molar-refractivity contribution in [2.45, 2.75) is 0 Å². The summed E-state index contributed by atoms with van der Waals surface area (Å²) in [4.78, 5) is 9.89. The lowest BCUT2D eigenvalue weighted by atomic mass is 10.3. The summed E-state index contributed by atoms with van der Waals surface area (Å²) in [7, 11) is 1.30. The van der Waals surface area contributed by atoms with Gasteiger partial charge in [0.2, 0.25) is 0 Å². The third-order valence-corrected chi connectivity index (χ3v) is 3.02. The Bertz CT molecular complexity index is 397. The predicted octanol–water partition coefficient (Wildman–Crippen LogP) is 3.27. The van der Waals surface area contributed by atoms with Crippen LogP contribution in [0.4, 0.5) is 10.1 Å². The Kier molecular flexibility index (Phi) is 3.43. The number of benzene rings is 1. The van der Waals surface area contributed by atoms with Crippen molar-refractivity contribution in [3.63, 3.8) is 0 Å². The Labute approximate surface area is 95.5 Å². The second kappa shape index (κ2) is 4.22. The normalized spacial score (nSPS) is 10.0. The molecule has 0 unspecified atom stereocenters. The molecular weight excluding hydrogens is 325 g/mol. The highest BCUT2D eigenvalue weighted by Crippen LogP contribution is 2.41. The molecule has 0 aliphatic rings. The zero-order valence-electron chi connectivity index (χ0n) is 6.88. The fourth-order valence-electron chi connectivity index (χ4n) is 0.877. The molecule has 1 aromatic rings. The summed E-state index contributed by atoms with van der Waals surface area (Å²) in [6.07, 6.45) is 0. The number of nitro benzene ring substituents is 1. The predicted molar refractivity (Wildman–Crippen MR) is 55.0 cm³/mol. The van der Waals surface area contributed by atoms with Crippen molar-refractivity contribution >= 4 is 37.5 Å². The van der Waals surface area contributed by atoms with Crippen LogP contribution in [0.5, 0.6) is 5.75 Å². The molecule has 76 valence electrons. The summed E-state index contributed by atoms with van der Waals surface area (Å²) in [5.74, 6) is -0.658. The molecule has 1 rings (SSSR count). The van der Waals surface area contributed by atoms with Crippen molar-refractivity contribution in [3.05, 3.63) is 30.9 Å². The van der Waals surface area contributed by atoms with Gasteiger partial charge in [-0.1, -0.05) is 0 Å². The van der Waals surface area contributed by atoms with E-state index in [1.54, 1.807) is 0 Å². The molecule has 0 N–H and O–H groups in total. The fourth-order valence-corrected chi connectivity index (χ4v) is 2.22. The van der Waals surface area contributed by atoms with E-state index in [9.17, 15) is 14.5 Å². The van der Waals surface area contributed by atoms with Crippen molar-refractivity contribution in [1.29, 1.82) is 0 Å². The smallest absolute Gasteiger partial charge is 0.304 e. The van der Waals surface area contributed by atoms with E-state index in [1.807, 2.05) is 0 Å². The molecule has 4 nitrogen and oxygen atoms in total. The highest BCUT2D eigenvalue weighted by atomic mass is 79.9. The molecule has 0 bridgehead atoms. The average molecular weight is 329 g/mol. The molecule has 0 aromatic heterocycles. The molecule has 0 radical (unpaired) electrons. The molecule has 0 aliphatic carbocycles. The first kappa shape index (κ1) is 11.4. The van der Waals surface area contributed by atoms with Gasteiger partial charge in [-0.3, -0.25) is 10.1 Å². The second-order valence-corrected chi connectivity index (χ2v) is 3.88. The van der Waals surface area contributed by atoms with Crippen molar-refractivity contribution < 1.29 is 14.1 Å². The molecule has 0 heterocycles. The van der Waals surface area contributed by atoms with Crippen LogP contribution >= 0.6 is 31.9 Å². The molecule has 0 atom stereocenters. The topological polar surface area (TPSA) is 52.4 Å². The number of nitro groups is 1. The quantitative estimate of drug-likeness (QED) is 0.475. The van der Waals surface area contributed by atoms with Crippen molar-refractivity contribution in [2.75, 3.05) is 7.11 Å². The minimum Gasteiger partial charge on any atom is -0.495 e. The van der Waals surface area contributed by atoms with E-state index in [2.05, 4.69) is 31.9 Å². The number of nitrogens with zero attached hydrogens (tertiary/aromatic N) is 1. The Balaban J connectivity index is 3.53. The van der Waals surface area contributed by atoms with Gasteiger partial charge in [-0.15, -0.1) is 0 Å². The number of hydrogen-bond donors (Lipinski definition) is 0. The molecule has 1 aromatic carbocycles. The van der Waals surface area contributed by atoms with Gasteiger partial charge in [-0.05, 0) is 31.9 Å². The third-order valence-electron chi connectivity index (χ3n) is 1.50. The molecule has 0 spiro atoms. The van der Waals surface area contributed by atoms with Crippen molar-refractivity contribution in [1.82, 2.24) is 0 Å². The van der Waals surface area contributed by atoms with Crippen LogP contribution in [-0.4, -0.2) is 12.0 Å². The highest BCUT2D eigenvalue weighted by Gasteiger charge is 2.24. The van der Waals surface area contributed by atoms with E-state index in [0.717, 1.165) is 6.07 Å². The number of rotatable bonds is 2. The SMILES string of the molecule is COc1cc(F)c(Br)c([N+](=O)[O-])c1Br. The molecule has 7 heteroatoms. The Morgan fingerprint density at radius 2 is 2.07 bits per heavy atom. The maximum absolute atomic E-state index is 13.1. The molecule has 0 aliphatic heterocycles. The van der Waals surface area contributed by atoms with Gasteiger partial charge >= 0.3 is 5.69 Å². The zero-order valence-corrected chi connectivity index (χ0v) is 10.1. The number of methoxy groups -OCH3 is 1. The Morgan fingerprint density at radius 1 is 1.50 bits per heavy atom. The minimum absolute atomic E-state index is 0.0809. The van der Waals surface area contributed by atoms with E-state index in [0.29, 0.717) is 0 Å². The first-order valence-corrected chi connectivity index (χ1v) is 4.93. The summed E-state index contributed by atoms with van der Waals surface area (Å²) in [6, 6.07) is 1.06. The summed E-state index contributed by atoms with van der Waals surface area (Å²) in [5, 5.41) is 10.6. The maximum Gasteiger partial charge on any atom is 0.304 e. The van der Waals surface area contributed by atoms with Crippen molar-refractivity contribution in [3.8, 4) is 5.75 Å². The lowest BCUT2D eigenvalue weighted by Gasteiger charge is -2.05. The van der Waals surface area contributed by atoms with Crippen LogP contribution in [0.25, 0.3) is 0 Å². The van der Waals surface area contributed by atoms with Gasteiger partial charge in [0.1, 0.15) is 20.5 Å². The van der Waals surface area contributed by atoms with Gasteiger partial charge < -0.3 is 4.74 Å². The Hall–Kier alpha value is -0.690. The van der Waals surface area contributed by atoms with Crippen molar-refractivity contribution in [2.24, 2.45) is 0 Å². The number of hydrogen-bond acceptors (Lipinski definition) is 3. The van der Waals surface area contributed by atoms with Gasteiger partial charge in [0.15, 0.2) is 0 Å². The highest BCUT2D eigenvalue weighted by molar-refractivity contribution is 9.11. The van der Waals surface area contributed by atoms with Gasteiger partial charge in [-0.25, -0.2) is 4.39 Å². The van der Waals surface area contributed by atoms with E-state index in [-0.39, 0.29) is 20.4 Å². The van der Waals surface area contributed by atoms with Crippen LogP contribution in [0.2, 0.25) is 0 Å². The van der Waals surface area contributed by atoms with Gasteiger partial charge in [0.25, 0.3) is 0 Å². The summed E-state index contributed by atoms with van der Waals surface area (Å²) in [5.41, 5.74) is -0.387. The average Bonchev–Trinajstić information content (AvgIpc) is 2.11. The van der Waals surface area contributed by atoms with Gasteiger partial charge in [0, 0.05) is 6.07 Å². The lowest BCUT2D eigenvalue weighted by Crippen LogP contribution is -1.96. The van der Waals surface area contributed by atoms with E-state index < -0.39 is 10.7 Å². The van der Waals surface area contributed by atoms with Gasteiger partial charge in [-0.2, -0.15) is 0 Å². The first-order valence-electron chi connectivity index (χ1n) is 3.35. The second-order valence-electron chi connectivity index (χ2n) is 2.29. The van der Waals surface area contributed by atoms with Gasteiger partial charge in [0.05, 0.1) is 12.0 Å². The van der Waals surface area contributed by atoms with Crippen LogP contribution in [-0.2, 0) is 0 Å². The lowest BCUT2D eigenvalue weighted by molar-refractivity contribution is -0.386. The Morgan fingerprint density at radius 3 is 2.50 bits per heavy atom. The third kappa shape index (κ3) is 1.88. The standard InChI is InChI=1S/C7H4Br2FNO3/c1-14-4-2-3(10)5(8)7(6(4)9)11(12)13/h2H,1H3. The number of ether oxygens (including phenoxy) is 1. The van der Waals surface area contributed by atoms with Crippen LogP contribution in [0.1, 0.15) is 0 Å². The molecule has 0 fully saturated rings.